The molecule has 12 unspecified atom stereocenters. The summed E-state index contributed by atoms with van der Waals surface area (Å²) in [5.74, 6) is -2.31. The smallest absolute Gasteiger partial charge is 0.258 e. The predicted octanol–water partition coefficient (Wildman–Crippen LogP) is -6.80. The second-order valence-electron chi connectivity index (χ2n) is 10.9. The van der Waals surface area contributed by atoms with Gasteiger partial charge in [0, 0.05) is 14.3 Å². The fourth-order valence-corrected chi connectivity index (χ4v) is 8.40. The van der Waals surface area contributed by atoms with E-state index in [0.29, 0.717) is 9.80 Å². The Hall–Kier alpha value is 0.440. The number of carbonyl (C=O) groups is 2. The fourth-order valence-electron chi connectivity index (χ4n) is 4.28. The summed E-state index contributed by atoms with van der Waals surface area (Å²) in [5.41, 5.74) is -0.533. The van der Waals surface area contributed by atoms with Gasteiger partial charge in [-0.25, -0.2) is 0 Å². The third-order valence-corrected chi connectivity index (χ3v) is 13.6. The molecule has 0 aliphatic rings. The van der Waals surface area contributed by atoms with Gasteiger partial charge in [-0.3, -0.25) is 9.59 Å². The predicted molar refractivity (Wildman–Crippen MR) is 200 cm³/mol. The Morgan fingerprint density at radius 3 is 0.920 bits per heavy atom. The topological polar surface area (TPSA) is 364 Å². The van der Waals surface area contributed by atoms with Gasteiger partial charge in [0.05, 0.1) is 62.9 Å². The highest BCUT2D eigenvalue weighted by atomic mass is 127. The zero-order valence-electron chi connectivity index (χ0n) is 25.5. The van der Waals surface area contributed by atoms with Crippen molar-refractivity contribution in [2.75, 3.05) is 39.5 Å². The van der Waals surface area contributed by atoms with Crippen molar-refractivity contribution in [1.29, 1.82) is 0 Å². The fraction of sp³-hybridized carbons (Fsp3) is 0.692. The van der Waals surface area contributed by atoms with Crippen molar-refractivity contribution in [2.24, 2.45) is 0 Å². The molecule has 0 aliphatic carbocycles. The first-order chi connectivity index (χ1) is 23.2. The van der Waals surface area contributed by atoms with E-state index in [0.717, 1.165) is 0 Å². The largest absolute Gasteiger partial charge is 0.394 e. The summed E-state index contributed by atoms with van der Waals surface area (Å²) < 4.78 is -0.104. The van der Waals surface area contributed by atoms with Crippen molar-refractivity contribution < 1.29 is 91.3 Å². The van der Waals surface area contributed by atoms with E-state index in [9.17, 15) is 81.1 Å². The minimum absolute atomic E-state index is 0.0259. The van der Waals surface area contributed by atoms with E-state index in [1.807, 2.05) is 0 Å². The summed E-state index contributed by atoms with van der Waals surface area (Å²) in [7, 11) is 0. The Balaban J connectivity index is 3.78. The molecule has 0 heterocycles. The Labute approximate surface area is 338 Å². The van der Waals surface area contributed by atoms with Gasteiger partial charge >= 0.3 is 0 Å². The van der Waals surface area contributed by atoms with Crippen LogP contribution in [0.25, 0.3) is 0 Å². The molecule has 0 saturated carbocycles. The summed E-state index contributed by atoms with van der Waals surface area (Å²) >= 11 is 6.51. The summed E-state index contributed by atoms with van der Waals surface area (Å²) in [6.07, 6.45) is -26.1. The van der Waals surface area contributed by atoms with E-state index in [-0.39, 0.29) is 25.4 Å². The van der Waals surface area contributed by atoms with Gasteiger partial charge in [0.15, 0.2) is 12.5 Å². The second kappa shape index (κ2) is 22.1. The van der Waals surface area contributed by atoms with Gasteiger partial charge in [-0.15, -0.1) is 0 Å². The maximum absolute atomic E-state index is 14.0. The number of hydrogen-bond acceptors (Lipinski definition) is 18. The van der Waals surface area contributed by atoms with Crippen LogP contribution in [0.1, 0.15) is 20.7 Å². The van der Waals surface area contributed by atoms with Crippen LogP contribution in [0.15, 0.2) is 0 Å². The minimum Gasteiger partial charge on any atom is -0.394 e. The van der Waals surface area contributed by atoms with Gasteiger partial charge in [-0.05, 0) is 90.4 Å². The van der Waals surface area contributed by atoms with Crippen LogP contribution in [0.3, 0.4) is 0 Å². The van der Waals surface area contributed by atoms with Crippen molar-refractivity contribution in [1.82, 2.24) is 9.80 Å². The van der Waals surface area contributed by atoms with Gasteiger partial charge in [-0.2, -0.15) is 0 Å². The monoisotopic (exact) mass is 1180 g/mol. The van der Waals surface area contributed by atoms with Crippen LogP contribution in [-0.2, 0) is 0 Å². The van der Waals surface area contributed by atoms with Gasteiger partial charge in [0.2, 0.25) is 0 Å². The van der Waals surface area contributed by atoms with Gasteiger partial charge < -0.3 is 91.5 Å². The molecular weight excluding hydrogens is 1140 g/mol. The quantitative estimate of drug-likeness (QED) is 0.0328. The molecule has 20 nitrogen and oxygen atoms in total. The Morgan fingerprint density at radius 1 is 0.440 bits per heavy atom. The molecule has 0 fully saturated rings. The molecule has 0 spiro atoms. The van der Waals surface area contributed by atoms with Crippen molar-refractivity contribution in [2.45, 2.75) is 73.5 Å². The first-order valence-corrected chi connectivity index (χ1v) is 18.6. The lowest BCUT2D eigenvalue weighted by molar-refractivity contribution is -0.166. The molecule has 290 valence electrons. The number of amides is 2. The third-order valence-electron chi connectivity index (χ3n) is 7.26. The zero-order chi connectivity index (χ0) is 38.9. The van der Waals surface area contributed by atoms with E-state index >= 15 is 0 Å². The van der Waals surface area contributed by atoms with Crippen LogP contribution in [0, 0.1) is 14.3 Å². The Morgan fingerprint density at radius 2 is 0.700 bits per heavy atom. The molecule has 0 aliphatic heterocycles. The molecule has 2 amide bonds. The Kier molecular flexibility index (Phi) is 21.4. The maximum atomic E-state index is 14.0. The number of hydrogen-bond donors (Lipinski definition) is 16. The van der Waals surface area contributed by atoms with Crippen molar-refractivity contribution in [3.63, 3.8) is 0 Å². The highest BCUT2D eigenvalue weighted by molar-refractivity contribution is 14.1. The number of aliphatic hydroxyl groups is 16. The van der Waals surface area contributed by atoms with E-state index in [4.69, 9.17) is 10.2 Å². The number of halogens is 4. The number of carbonyl (C=O) groups excluding carboxylic acids is 2. The van der Waals surface area contributed by atoms with Gasteiger partial charge in [0.25, 0.3) is 11.8 Å². The Bertz CT molecular complexity index is 1150. The van der Waals surface area contributed by atoms with Gasteiger partial charge in [-0.1, -0.05) is 0 Å². The average Bonchev–Trinajstić information content (AvgIpc) is 3.11. The molecule has 1 aromatic rings. The van der Waals surface area contributed by atoms with Crippen LogP contribution in [0.5, 0.6) is 0 Å². The normalized spacial score (nSPS) is 19.3. The van der Waals surface area contributed by atoms with E-state index in [1.165, 1.54) is 0 Å². The SMILES string of the molecule is O=C(c1c(I)c(I)c(C(=O)N(CC(O)CO)C(O)C(O)C(O)C(O)C(O)CO)c(I)c1I)N(CC(O)CO)C(O)C(O)C(O)C(O)C(O)CO. The summed E-state index contributed by atoms with van der Waals surface area (Å²) in [6, 6.07) is 0. The molecule has 12 atom stereocenters. The van der Waals surface area contributed by atoms with Crippen molar-refractivity contribution in [3.05, 3.63) is 25.4 Å². The minimum atomic E-state index is -2.42. The summed E-state index contributed by atoms with van der Waals surface area (Å²) in [6.45, 7) is -5.71. The lowest BCUT2D eigenvalue weighted by Crippen LogP contribution is -2.58. The zero-order valence-corrected chi connectivity index (χ0v) is 34.2. The first-order valence-electron chi connectivity index (χ1n) is 14.2. The molecule has 0 radical (unpaired) electrons. The van der Waals surface area contributed by atoms with E-state index in [2.05, 4.69) is 0 Å². The lowest BCUT2D eigenvalue weighted by atomic mass is 10.0. The number of aliphatic hydroxyl groups excluding tert-OH is 16. The van der Waals surface area contributed by atoms with Crippen molar-refractivity contribution >= 4 is 102 Å². The number of rotatable bonds is 20. The molecule has 1 rings (SSSR count). The number of nitrogens with zero attached hydrogens (tertiary/aromatic N) is 2. The van der Waals surface area contributed by atoms with Crippen LogP contribution in [0.4, 0.5) is 0 Å². The summed E-state index contributed by atoms with van der Waals surface area (Å²) in [4.78, 5) is 28.8. The van der Waals surface area contributed by atoms with Gasteiger partial charge in [0.1, 0.15) is 48.8 Å². The second-order valence-corrected chi connectivity index (χ2v) is 15.2. The lowest BCUT2D eigenvalue weighted by Gasteiger charge is -2.37. The highest BCUT2D eigenvalue weighted by Gasteiger charge is 2.43. The van der Waals surface area contributed by atoms with E-state index < -0.39 is 125 Å². The maximum Gasteiger partial charge on any atom is 0.258 e. The molecule has 1 aromatic carbocycles. The first kappa shape index (κ1) is 48.5. The molecule has 16 N–H and O–H groups in total. The molecule has 0 saturated heterocycles. The molecule has 50 heavy (non-hydrogen) atoms. The molecular formula is C26H40I4N2O18. The molecule has 0 bridgehead atoms. The van der Waals surface area contributed by atoms with Crippen LogP contribution >= 0.6 is 90.4 Å². The molecule has 24 heteroatoms. The molecule has 0 aromatic heterocycles. The highest BCUT2D eigenvalue weighted by Crippen LogP contribution is 2.35. The van der Waals surface area contributed by atoms with E-state index in [1.54, 1.807) is 90.4 Å². The standard InChI is InChI=1S/C26H40I4N2O18/c27-13-11(23(47)31(1-7(37)3-33)25(49)21(45)19(43)17(41)9(39)5-35)14(28)16(30)12(15(13)29)24(48)32(2-8(38)4-34)26(50)22(46)20(44)18(42)10(40)6-36/h7-10,17-22,25-26,33-46,49-50H,1-6H2. The van der Waals surface area contributed by atoms with Crippen LogP contribution < -0.4 is 0 Å². The third kappa shape index (κ3) is 11.7. The van der Waals surface area contributed by atoms with Crippen LogP contribution in [-0.4, -0.2) is 216 Å². The number of benzene rings is 1. The average molecular weight is 1180 g/mol. The van der Waals surface area contributed by atoms with Crippen LogP contribution in [0.2, 0.25) is 0 Å². The summed E-state index contributed by atoms with van der Waals surface area (Å²) in [5, 5.41) is 160. The van der Waals surface area contributed by atoms with Crippen molar-refractivity contribution in [3.8, 4) is 0 Å².